The molecule has 3 aromatic heterocycles. The molecule has 1 aromatic carbocycles. The first-order chi connectivity index (χ1) is 9.92. The van der Waals surface area contributed by atoms with Crippen molar-refractivity contribution >= 4 is 33.0 Å². The van der Waals surface area contributed by atoms with E-state index in [4.69, 9.17) is 4.98 Å². The van der Waals surface area contributed by atoms with Crippen LogP contribution in [0.5, 0.6) is 0 Å². The van der Waals surface area contributed by atoms with Gasteiger partial charge in [-0.3, -0.25) is 0 Å². The van der Waals surface area contributed by atoms with Gasteiger partial charge in [0.05, 0.1) is 5.52 Å². The van der Waals surface area contributed by atoms with Crippen molar-refractivity contribution in [2.75, 3.05) is 5.32 Å². The van der Waals surface area contributed by atoms with Crippen molar-refractivity contribution in [2.45, 2.75) is 6.54 Å². The van der Waals surface area contributed by atoms with Crippen LogP contribution in [-0.2, 0) is 6.54 Å². The Morgan fingerprint density at radius 2 is 1.95 bits per heavy atom. The van der Waals surface area contributed by atoms with E-state index in [0.717, 1.165) is 23.4 Å². The molecular formula is C16H13N3S. The zero-order valence-corrected chi connectivity index (χ0v) is 11.6. The maximum Gasteiger partial charge on any atom is 0.151 e. The summed E-state index contributed by atoms with van der Waals surface area (Å²) in [5.74, 6) is 0.935. The van der Waals surface area contributed by atoms with E-state index in [0.29, 0.717) is 0 Å². The smallest absolute Gasteiger partial charge is 0.151 e. The molecule has 0 unspecified atom stereocenters. The Labute approximate surface area is 120 Å². The van der Waals surface area contributed by atoms with Gasteiger partial charge in [0.15, 0.2) is 5.82 Å². The van der Waals surface area contributed by atoms with Crippen molar-refractivity contribution in [1.82, 2.24) is 9.38 Å². The van der Waals surface area contributed by atoms with Crippen LogP contribution in [0.1, 0.15) is 5.56 Å². The fourth-order valence-electron chi connectivity index (χ4n) is 2.40. The van der Waals surface area contributed by atoms with Crippen molar-refractivity contribution in [3.8, 4) is 0 Å². The molecule has 0 spiro atoms. The number of anilines is 1. The monoisotopic (exact) mass is 279 g/mol. The van der Waals surface area contributed by atoms with E-state index in [1.807, 2.05) is 6.07 Å². The lowest BCUT2D eigenvalue weighted by Gasteiger charge is -2.08. The molecular weight excluding hydrogens is 266 g/mol. The van der Waals surface area contributed by atoms with Gasteiger partial charge in [0.1, 0.15) is 10.3 Å². The van der Waals surface area contributed by atoms with Gasteiger partial charge in [0.25, 0.3) is 0 Å². The summed E-state index contributed by atoms with van der Waals surface area (Å²) in [7, 11) is 0. The van der Waals surface area contributed by atoms with Crippen LogP contribution in [-0.4, -0.2) is 9.38 Å². The first kappa shape index (κ1) is 11.5. The number of hydrogen-bond acceptors (Lipinski definition) is 3. The predicted molar refractivity (Wildman–Crippen MR) is 84.3 cm³/mol. The van der Waals surface area contributed by atoms with Gasteiger partial charge in [-0.05, 0) is 29.1 Å². The number of benzene rings is 1. The van der Waals surface area contributed by atoms with Gasteiger partial charge in [-0.15, -0.1) is 11.3 Å². The summed E-state index contributed by atoms with van der Waals surface area (Å²) >= 11 is 1.72. The lowest BCUT2D eigenvalue weighted by Crippen LogP contribution is -2.03. The Hall–Kier alpha value is -2.33. The Bertz CT molecular complexity index is 861. The van der Waals surface area contributed by atoms with Crippen molar-refractivity contribution in [1.29, 1.82) is 0 Å². The van der Waals surface area contributed by atoms with E-state index in [1.165, 1.54) is 10.4 Å². The minimum absolute atomic E-state index is 0.782. The third kappa shape index (κ3) is 1.85. The summed E-state index contributed by atoms with van der Waals surface area (Å²) in [5.41, 5.74) is 3.41. The predicted octanol–water partition coefficient (Wildman–Crippen LogP) is 4.16. The number of rotatable bonds is 3. The van der Waals surface area contributed by atoms with Gasteiger partial charge in [-0.25, -0.2) is 4.98 Å². The molecule has 4 rings (SSSR count). The lowest BCUT2D eigenvalue weighted by molar-refractivity contribution is 1.11. The zero-order valence-electron chi connectivity index (χ0n) is 10.8. The van der Waals surface area contributed by atoms with Crippen molar-refractivity contribution < 1.29 is 0 Å². The Balaban J connectivity index is 1.76. The van der Waals surface area contributed by atoms with Crippen LogP contribution >= 0.6 is 11.3 Å². The number of thiophene rings is 1. The molecule has 4 heteroatoms. The highest BCUT2D eigenvalue weighted by Crippen LogP contribution is 2.26. The molecule has 0 saturated heterocycles. The summed E-state index contributed by atoms with van der Waals surface area (Å²) < 4.78 is 2.19. The molecule has 0 aliphatic rings. The standard InChI is InChI=1S/C16H13N3S/c1-2-5-12(6-3-1)11-17-15-14-7-4-9-19(14)16-13(18-15)8-10-20-16/h1-10H,11H2,(H,17,18). The normalized spacial score (nSPS) is 11.2. The number of nitrogens with one attached hydrogen (secondary N) is 1. The first-order valence-corrected chi connectivity index (χ1v) is 7.42. The van der Waals surface area contributed by atoms with Crippen LogP contribution < -0.4 is 5.32 Å². The molecule has 0 amide bonds. The molecule has 0 fully saturated rings. The molecule has 0 radical (unpaired) electrons. The molecule has 3 nitrogen and oxygen atoms in total. The second-order valence-corrected chi connectivity index (χ2v) is 5.57. The molecule has 4 aromatic rings. The first-order valence-electron chi connectivity index (χ1n) is 6.54. The van der Waals surface area contributed by atoms with E-state index in [2.05, 4.69) is 63.8 Å². The fraction of sp³-hybridized carbons (Fsp3) is 0.0625. The zero-order chi connectivity index (χ0) is 13.4. The minimum Gasteiger partial charge on any atom is -0.364 e. The van der Waals surface area contributed by atoms with Gasteiger partial charge in [0.2, 0.25) is 0 Å². The van der Waals surface area contributed by atoms with Crippen molar-refractivity contribution in [3.05, 3.63) is 65.7 Å². The van der Waals surface area contributed by atoms with Crippen molar-refractivity contribution in [2.24, 2.45) is 0 Å². The van der Waals surface area contributed by atoms with E-state index in [1.54, 1.807) is 11.3 Å². The number of aromatic nitrogens is 2. The number of fused-ring (bicyclic) bond motifs is 3. The van der Waals surface area contributed by atoms with E-state index in [9.17, 15) is 0 Å². The molecule has 1 N–H and O–H groups in total. The summed E-state index contributed by atoms with van der Waals surface area (Å²) in [6, 6.07) is 16.6. The Morgan fingerprint density at radius 3 is 2.85 bits per heavy atom. The molecule has 0 saturated carbocycles. The van der Waals surface area contributed by atoms with E-state index >= 15 is 0 Å². The molecule has 98 valence electrons. The summed E-state index contributed by atoms with van der Waals surface area (Å²) in [4.78, 5) is 5.92. The maximum atomic E-state index is 4.73. The van der Waals surface area contributed by atoms with Crippen LogP contribution in [0.25, 0.3) is 15.9 Å². The topological polar surface area (TPSA) is 29.3 Å². The third-order valence-corrected chi connectivity index (χ3v) is 4.27. The lowest BCUT2D eigenvalue weighted by atomic mass is 10.2. The second kappa shape index (κ2) is 4.65. The summed E-state index contributed by atoms with van der Waals surface area (Å²) in [5, 5.41) is 5.53. The molecule has 0 aliphatic heterocycles. The fourth-order valence-corrected chi connectivity index (χ4v) is 3.23. The quantitative estimate of drug-likeness (QED) is 0.610. The Morgan fingerprint density at radius 1 is 1.05 bits per heavy atom. The SMILES string of the molecule is c1ccc(CNc2nc3ccsc3n3cccc23)cc1. The number of nitrogens with zero attached hydrogens (tertiary/aromatic N) is 2. The van der Waals surface area contributed by atoms with Crippen LogP contribution in [0.15, 0.2) is 60.1 Å². The molecule has 0 aliphatic carbocycles. The van der Waals surface area contributed by atoms with Gasteiger partial charge >= 0.3 is 0 Å². The van der Waals surface area contributed by atoms with E-state index in [-0.39, 0.29) is 0 Å². The summed E-state index contributed by atoms with van der Waals surface area (Å²) in [6.07, 6.45) is 2.09. The highest BCUT2D eigenvalue weighted by Gasteiger charge is 2.08. The van der Waals surface area contributed by atoms with Gasteiger partial charge < -0.3 is 9.72 Å². The van der Waals surface area contributed by atoms with E-state index < -0.39 is 0 Å². The minimum atomic E-state index is 0.782. The highest BCUT2D eigenvalue weighted by molar-refractivity contribution is 7.16. The van der Waals surface area contributed by atoms with Gasteiger partial charge in [0, 0.05) is 12.7 Å². The van der Waals surface area contributed by atoms with Crippen LogP contribution in [0, 0.1) is 0 Å². The molecule has 3 heterocycles. The summed E-state index contributed by atoms with van der Waals surface area (Å²) in [6.45, 7) is 0.782. The second-order valence-electron chi connectivity index (χ2n) is 4.67. The molecule has 0 bridgehead atoms. The average Bonchev–Trinajstić information content (AvgIpc) is 3.13. The van der Waals surface area contributed by atoms with Crippen LogP contribution in [0.2, 0.25) is 0 Å². The third-order valence-electron chi connectivity index (χ3n) is 3.37. The van der Waals surface area contributed by atoms with Crippen LogP contribution in [0.4, 0.5) is 5.82 Å². The maximum absolute atomic E-state index is 4.73. The largest absolute Gasteiger partial charge is 0.364 e. The highest BCUT2D eigenvalue weighted by atomic mass is 32.1. The molecule has 20 heavy (non-hydrogen) atoms. The van der Waals surface area contributed by atoms with Gasteiger partial charge in [-0.2, -0.15) is 0 Å². The van der Waals surface area contributed by atoms with Crippen molar-refractivity contribution in [3.63, 3.8) is 0 Å². The Kier molecular flexibility index (Phi) is 2.67. The molecule has 0 atom stereocenters. The number of hydrogen-bond donors (Lipinski definition) is 1. The van der Waals surface area contributed by atoms with Crippen LogP contribution in [0.3, 0.4) is 0 Å². The van der Waals surface area contributed by atoms with Gasteiger partial charge in [-0.1, -0.05) is 30.3 Å². The average molecular weight is 279 g/mol.